The van der Waals surface area contributed by atoms with E-state index in [-0.39, 0.29) is 16.6 Å². The highest BCUT2D eigenvalue weighted by Gasteiger charge is 2.32. The Bertz CT molecular complexity index is 1060. The van der Waals surface area contributed by atoms with Crippen molar-refractivity contribution in [3.63, 3.8) is 0 Å². The lowest BCUT2D eigenvalue weighted by Gasteiger charge is -2.34. The van der Waals surface area contributed by atoms with Crippen LogP contribution in [0, 0.1) is 24.7 Å². The van der Waals surface area contributed by atoms with E-state index in [9.17, 15) is 13.2 Å². The number of sulfonamides is 1. The van der Waals surface area contributed by atoms with Crippen molar-refractivity contribution in [3.8, 4) is 0 Å². The molecule has 33 heavy (non-hydrogen) atoms. The molecule has 0 radical (unpaired) electrons. The van der Waals surface area contributed by atoms with E-state index < -0.39 is 10.0 Å². The Labute approximate surface area is 198 Å². The smallest absolute Gasteiger partial charge is 0.287 e. The van der Waals surface area contributed by atoms with Gasteiger partial charge in [0.05, 0.1) is 4.90 Å². The molecule has 0 saturated carbocycles. The third-order valence-electron chi connectivity index (χ3n) is 6.66. The van der Waals surface area contributed by atoms with Crippen LogP contribution in [0.4, 0.5) is 0 Å². The second kappa shape index (κ2) is 10.6. The maximum Gasteiger partial charge on any atom is 0.287 e. The first kappa shape index (κ1) is 25.7. The normalized spacial score (nSPS) is 20.9. The number of benzene rings is 1. The lowest BCUT2D eigenvalue weighted by Crippen LogP contribution is -2.42. The summed E-state index contributed by atoms with van der Waals surface area (Å²) in [6, 6.07) is 4.89. The number of nitrogens with one attached hydrogen (secondary N) is 1. The second-order valence-electron chi connectivity index (χ2n) is 9.78. The van der Waals surface area contributed by atoms with Crippen LogP contribution in [0.5, 0.6) is 0 Å². The van der Waals surface area contributed by atoms with Gasteiger partial charge in [0.2, 0.25) is 10.0 Å². The van der Waals surface area contributed by atoms with Crippen molar-refractivity contribution in [2.45, 2.75) is 52.9 Å². The molecule has 0 bridgehead atoms. The van der Waals surface area contributed by atoms with E-state index in [1.165, 1.54) is 0 Å². The van der Waals surface area contributed by atoms with E-state index in [1.807, 2.05) is 6.92 Å². The van der Waals surface area contributed by atoms with Crippen LogP contribution in [0.25, 0.3) is 11.0 Å². The number of hydrogen-bond donors (Lipinski definition) is 1. The summed E-state index contributed by atoms with van der Waals surface area (Å²) in [6.07, 6.45) is 1.04. The molecule has 184 valence electrons. The molecule has 0 spiro atoms. The predicted molar refractivity (Wildman–Crippen MR) is 132 cm³/mol. The molecule has 1 aromatic carbocycles. The van der Waals surface area contributed by atoms with Crippen LogP contribution < -0.4 is 5.32 Å². The molecular weight excluding hydrogens is 438 g/mol. The summed E-state index contributed by atoms with van der Waals surface area (Å²) in [7, 11) is -3.60. The number of hydrogen-bond acceptors (Lipinski definition) is 5. The summed E-state index contributed by atoms with van der Waals surface area (Å²) in [5, 5.41) is 3.64. The number of aryl methyl sites for hydroxylation is 1. The van der Waals surface area contributed by atoms with E-state index in [0.29, 0.717) is 53.9 Å². The summed E-state index contributed by atoms with van der Waals surface area (Å²) < 4.78 is 34.0. The predicted octanol–water partition coefficient (Wildman–Crippen LogP) is 4.12. The number of piperidine rings is 1. The van der Waals surface area contributed by atoms with Crippen LogP contribution in [0.15, 0.2) is 27.5 Å². The molecule has 7 nitrogen and oxygen atoms in total. The zero-order chi connectivity index (χ0) is 24.3. The van der Waals surface area contributed by atoms with Crippen LogP contribution in [0.2, 0.25) is 0 Å². The Morgan fingerprint density at radius 3 is 2.45 bits per heavy atom. The first-order valence-electron chi connectivity index (χ1n) is 12.1. The van der Waals surface area contributed by atoms with Crippen LogP contribution in [-0.4, -0.2) is 62.8 Å². The van der Waals surface area contributed by atoms with Crippen molar-refractivity contribution < 1.29 is 17.6 Å². The van der Waals surface area contributed by atoms with E-state index in [0.717, 1.165) is 26.1 Å². The van der Waals surface area contributed by atoms with Gasteiger partial charge in [-0.1, -0.05) is 34.6 Å². The molecule has 2 aromatic rings. The van der Waals surface area contributed by atoms with Gasteiger partial charge in [-0.3, -0.25) is 4.79 Å². The van der Waals surface area contributed by atoms with Gasteiger partial charge in [-0.15, -0.1) is 0 Å². The Morgan fingerprint density at radius 1 is 1.21 bits per heavy atom. The van der Waals surface area contributed by atoms with E-state index in [4.69, 9.17) is 4.42 Å². The topological polar surface area (TPSA) is 82.9 Å². The highest BCUT2D eigenvalue weighted by atomic mass is 32.2. The number of nitrogens with zero attached hydrogens (tertiary/aromatic N) is 2. The van der Waals surface area contributed by atoms with Crippen molar-refractivity contribution in [2.75, 3.05) is 39.3 Å². The average Bonchev–Trinajstić information content (AvgIpc) is 3.11. The highest BCUT2D eigenvalue weighted by molar-refractivity contribution is 7.89. The summed E-state index contributed by atoms with van der Waals surface area (Å²) >= 11 is 0. The van der Waals surface area contributed by atoms with Crippen molar-refractivity contribution >= 4 is 26.9 Å². The van der Waals surface area contributed by atoms with Gasteiger partial charge in [0.15, 0.2) is 5.76 Å². The van der Waals surface area contributed by atoms with Crippen molar-refractivity contribution in [1.82, 2.24) is 14.5 Å². The number of furan rings is 1. The fourth-order valence-electron chi connectivity index (χ4n) is 4.86. The molecule has 3 atom stereocenters. The fourth-order valence-corrected chi connectivity index (χ4v) is 6.57. The van der Waals surface area contributed by atoms with Gasteiger partial charge in [-0.2, -0.15) is 4.31 Å². The van der Waals surface area contributed by atoms with Crippen LogP contribution in [0.1, 0.15) is 57.2 Å². The van der Waals surface area contributed by atoms with E-state index in [2.05, 4.69) is 44.8 Å². The number of fused-ring (bicyclic) bond motifs is 1. The molecule has 0 aliphatic carbocycles. The summed E-state index contributed by atoms with van der Waals surface area (Å²) in [5.74, 6) is 0.960. The maximum absolute atomic E-state index is 13.3. The summed E-state index contributed by atoms with van der Waals surface area (Å²) in [6.45, 7) is 16.9. The molecule has 1 N–H and O–H groups in total. The van der Waals surface area contributed by atoms with Crippen LogP contribution >= 0.6 is 0 Å². The third-order valence-corrected chi connectivity index (χ3v) is 8.49. The minimum absolute atomic E-state index is 0.245. The SMILES string of the molecule is CCN(CC)C[C@H](C)CNC(=O)c1oc2ccc(S(=O)(=O)N3C[C@H](C)C[C@H](C)C3)cc2c1C. The summed E-state index contributed by atoms with van der Waals surface area (Å²) in [5.41, 5.74) is 1.18. The Balaban J connectivity index is 1.78. The first-order valence-corrected chi connectivity index (χ1v) is 13.5. The lowest BCUT2D eigenvalue weighted by atomic mass is 9.94. The minimum atomic E-state index is -3.60. The molecule has 3 rings (SSSR count). The molecular formula is C25H39N3O4S. The minimum Gasteiger partial charge on any atom is -0.451 e. The lowest BCUT2D eigenvalue weighted by molar-refractivity contribution is 0.0918. The molecule has 1 saturated heterocycles. The molecule has 1 aliphatic heterocycles. The second-order valence-corrected chi connectivity index (χ2v) is 11.7. The Kier molecular flexibility index (Phi) is 8.24. The quantitative estimate of drug-likeness (QED) is 0.588. The van der Waals surface area contributed by atoms with Crippen molar-refractivity contribution in [3.05, 3.63) is 29.5 Å². The molecule has 8 heteroatoms. The Morgan fingerprint density at radius 2 is 1.85 bits per heavy atom. The monoisotopic (exact) mass is 477 g/mol. The fraction of sp³-hybridized carbons (Fsp3) is 0.640. The summed E-state index contributed by atoms with van der Waals surface area (Å²) in [4.78, 5) is 15.4. The van der Waals surface area contributed by atoms with E-state index >= 15 is 0 Å². The molecule has 1 fully saturated rings. The molecule has 1 aliphatic rings. The Hall–Kier alpha value is -1.90. The van der Waals surface area contributed by atoms with Crippen LogP contribution in [0.3, 0.4) is 0 Å². The third kappa shape index (κ3) is 5.78. The van der Waals surface area contributed by atoms with Gasteiger partial charge >= 0.3 is 0 Å². The van der Waals surface area contributed by atoms with Crippen molar-refractivity contribution in [2.24, 2.45) is 17.8 Å². The molecule has 0 unspecified atom stereocenters. The molecule has 2 heterocycles. The zero-order valence-corrected chi connectivity index (χ0v) is 21.7. The van der Waals surface area contributed by atoms with Gasteiger partial charge in [0.1, 0.15) is 5.58 Å². The van der Waals surface area contributed by atoms with Crippen molar-refractivity contribution in [1.29, 1.82) is 0 Å². The number of carbonyl (C=O) groups is 1. The first-order chi connectivity index (χ1) is 15.6. The zero-order valence-electron chi connectivity index (χ0n) is 20.8. The molecule has 1 amide bonds. The van der Waals surface area contributed by atoms with Gasteiger partial charge in [0, 0.05) is 37.1 Å². The van der Waals surface area contributed by atoms with Crippen LogP contribution in [-0.2, 0) is 10.0 Å². The van der Waals surface area contributed by atoms with Gasteiger partial charge < -0.3 is 14.6 Å². The number of amides is 1. The van der Waals surface area contributed by atoms with Gasteiger partial charge in [-0.05, 0) is 62.4 Å². The number of rotatable bonds is 9. The van der Waals surface area contributed by atoms with Gasteiger partial charge in [-0.25, -0.2) is 8.42 Å². The largest absolute Gasteiger partial charge is 0.451 e. The average molecular weight is 478 g/mol. The number of carbonyl (C=O) groups excluding carboxylic acids is 1. The molecule has 1 aromatic heterocycles. The van der Waals surface area contributed by atoms with E-state index in [1.54, 1.807) is 22.5 Å². The standard InChI is InChI=1S/C25H39N3O4S/c1-7-27(8-2)14-19(5)13-26-25(29)24-20(6)22-12-21(9-10-23(22)32-24)33(30,31)28-15-17(3)11-18(4)16-28/h9-10,12,17-19H,7-8,11,13-16H2,1-6H3,(H,26,29)/t17-,18+,19-/m1/s1. The maximum atomic E-state index is 13.3. The highest BCUT2D eigenvalue weighted by Crippen LogP contribution is 2.31. The van der Waals surface area contributed by atoms with Gasteiger partial charge in [0.25, 0.3) is 5.91 Å².